The predicted molar refractivity (Wildman–Crippen MR) is 88.6 cm³/mol. The van der Waals surface area contributed by atoms with Gasteiger partial charge in [0.25, 0.3) is 5.91 Å². The summed E-state index contributed by atoms with van der Waals surface area (Å²) in [5.41, 5.74) is 2.83. The maximum Gasteiger partial charge on any atom is 0.257 e. The zero-order valence-corrected chi connectivity index (χ0v) is 13.0. The van der Waals surface area contributed by atoms with Gasteiger partial charge in [-0.1, -0.05) is 30.3 Å². The first-order valence-electron chi connectivity index (χ1n) is 7.60. The quantitative estimate of drug-likeness (QED) is 0.760. The number of amides is 1. The minimum atomic E-state index is -0.133. The Hall–Kier alpha value is -2.82. The highest BCUT2D eigenvalue weighted by Gasteiger charge is 2.08. The summed E-state index contributed by atoms with van der Waals surface area (Å²) in [5, 5.41) is 2.86. The lowest BCUT2D eigenvalue weighted by Crippen LogP contribution is -2.30. The lowest BCUT2D eigenvalue weighted by atomic mass is 10.1. The molecule has 0 bridgehead atoms. The number of ether oxygens (including phenoxy) is 1. The second kappa shape index (κ2) is 6.96. The average Bonchev–Trinajstić information content (AvgIpc) is 2.94. The van der Waals surface area contributed by atoms with Gasteiger partial charge in [-0.3, -0.25) is 4.79 Å². The first-order chi connectivity index (χ1) is 11.2. The van der Waals surface area contributed by atoms with E-state index in [1.54, 1.807) is 0 Å². The summed E-state index contributed by atoms with van der Waals surface area (Å²) >= 11 is 0. The number of hydrogen-bond acceptors (Lipinski definition) is 3. The van der Waals surface area contributed by atoms with Crippen molar-refractivity contribution in [3.8, 4) is 5.75 Å². The third-order valence-electron chi connectivity index (χ3n) is 3.50. The molecule has 1 amide bonds. The van der Waals surface area contributed by atoms with Crippen molar-refractivity contribution in [1.82, 2.24) is 14.7 Å². The molecule has 0 aliphatic heterocycles. The van der Waals surface area contributed by atoms with Crippen molar-refractivity contribution in [3.05, 3.63) is 66.1 Å². The van der Waals surface area contributed by atoms with Gasteiger partial charge in [0.05, 0.1) is 5.69 Å². The highest BCUT2D eigenvalue weighted by Crippen LogP contribution is 2.18. The van der Waals surface area contributed by atoms with Crippen LogP contribution in [-0.2, 0) is 11.2 Å². The molecule has 1 N–H and O–H groups in total. The van der Waals surface area contributed by atoms with Crippen molar-refractivity contribution < 1.29 is 9.53 Å². The van der Waals surface area contributed by atoms with Crippen LogP contribution in [0.4, 0.5) is 0 Å². The SMILES string of the molecule is Cc1cn2cccc(OCC(=O)NCCc3ccccc3)c2n1. The topological polar surface area (TPSA) is 55.6 Å². The number of nitrogens with zero attached hydrogens (tertiary/aromatic N) is 2. The Bertz CT molecular complexity index is 796. The number of carbonyl (C=O) groups is 1. The fraction of sp³-hybridized carbons (Fsp3) is 0.222. The lowest BCUT2D eigenvalue weighted by molar-refractivity contribution is -0.123. The zero-order valence-electron chi connectivity index (χ0n) is 13.0. The molecule has 0 saturated carbocycles. The molecule has 3 rings (SSSR count). The summed E-state index contributed by atoms with van der Waals surface area (Å²) in [6, 6.07) is 13.7. The largest absolute Gasteiger partial charge is 0.480 e. The van der Waals surface area contributed by atoms with Crippen molar-refractivity contribution >= 4 is 11.6 Å². The van der Waals surface area contributed by atoms with E-state index in [1.807, 2.05) is 66.2 Å². The molecule has 3 aromatic rings. The van der Waals surface area contributed by atoms with Crippen molar-refractivity contribution in [3.63, 3.8) is 0 Å². The molecule has 0 unspecified atom stereocenters. The Kier molecular flexibility index (Phi) is 4.57. The summed E-state index contributed by atoms with van der Waals surface area (Å²) < 4.78 is 7.49. The number of aryl methyl sites for hydroxylation is 1. The summed E-state index contributed by atoms with van der Waals surface area (Å²) in [6.45, 7) is 2.51. The minimum Gasteiger partial charge on any atom is -0.480 e. The molecule has 23 heavy (non-hydrogen) atoms. The monoisotopic (exact) mass is 309 g/mol. The van der Waals surface area contributed by atoms with E-state index in [2.05, 4.69) is 10.3 Å². The fourth-order valence-corrected chi connectivity index (χ4v) is 2.41. The molecule has 0 saturated heterocycles. The molecular weight excluding hydrogens is 290 g/mol. The number of rotatable bonds is 6. The molecule has 0 aliphatic carbocycles. The summed E-state index contributed by atoms with van der Waals surface area (Å²) in [7, 11) is 0. The van der Waals surface area contributed by atoms with Gasteiger partial charge in [0.2, 0.25) is 0 Å². The third kappa shape index (κ3) is 3.88. The van der Waals surface area contributed by atoms with Crippen LogP contribution in [0.5, 0.6) is 5.75 Å². The van der Waals surface area contributed by atoms with E-state index in [0.29, 0.717) is 12.3 Å². The number of benzene rings is 1. The molecule has 5 nitrogen and oxygen atoms in total. The van der Waals surface area contributed by atoms with Gasteiger partial charge in [-0.2, -0.15) is 0 Å². The lowest BCUT2D eigenvalue weighted by Gasteiger charge is -2.08. The van der Waals surface area contributed by atoms with Gasteiger partial charge < -0.3 is 14.5 Å². The first kappa shape index (κ1) is 15.1. The van der Waals surface area contributed by atoms with E-state index >= 15 is 0 Å². The predicted octanol–water partition coefficient (Wildman–Crippen LogP) is 2.38. The molecule has 0 atom stereocenters. The van der Waals surface area contributed by atoms with Gasteiger partial charge in [0.1, 0.15) is 0 Å². The highest BCUT2D eigenvalue weighted by molar-refractivity contribution is 5.77. The highest BCUT2D eigenvalue weighted by atomic mass is 16.5. The molecule has 0 fully saturated rings. The fourth-order valence-electron chi connectivity index (χ4n) is 2.41. The normalized spacial score (nSPS) is 10.7. The van der Waals surface area contributed by atoms with E-state index in [0.717, 1.165) is 17.8 Å². The number of aromatic nitrogens is 2. The van der Waals surface area contributed by atoms with Crippen molar-refractivity contribution in [2.45, 2.75) is 13.3 Å². The van der Waals surface area contributed by atoms with Crippen LogP contribution in [0, 0.1) is 6.92 Å². The molecule has 1 aromatic carbocycles. The van der Waals surface area contributed by atoms with Gasteiger partial charge in [-0.05, 0) is 31.0 Å². The van der Waals surface area contributed by atoms with E-state index in [9.17, 15) is 4.79 Å². The second-order valence-corrected chi connectivity index (χ2v) is 5.36. The van der Waals surface area contributed by atoms with Gasteiger partial charge in [-0.25, -0.2) is 4.98 Å². The number of imidazole rings is 1. The molecular formula is C18H19N3O2. The number of fused-ring (bicyclic) bond motifs is 1. The molecule has 0 aliphatic rings. The van der Waals surface area contributed by atoms with Crippen LogP contribution in [-0.4, -0.2) is 28.4 Å². The maximum atomic E-state index is 11.9. The number of hydrogen-bond donors (Lipinski definition) is 1. The standard InChI is InChI=1S/C18H19N3O2/c1-14-12-21-11-5-8-16(18(21)20-14)23-13-17(22)19-10-9-15-6-3-2-4-7-15/h2-8,11-12H,9-10,13H2,1H3,(H,19,22). The summed E-state index contributed by atoms with van der Waals surface area (Å²) in [6.07, 6.45) is 4.63. The second-order valence-electron chi connectivity index (χ2n) is 5.36. The molecule has 0 spiro atoms. The van der Waals surface area contributed by atoms with Crippen LogP contribution in [0.2, 0.25) is 0 Å². The van der Waals surface area contributed by atoms with E-state index < -0.39 is 0 Å². The molecule has 2 aromatic heterocycles. The number of nitrogens with one attached hydrogen (secondary N) is 1. The Morgan fingerprint density at radius 1 is 1.22 bits per heavy atom. The first-order valence-corrected chi connectivity index (χ1v) is 7.60. The number of pyridine rings is 1. The summed E-state index contributed by atoms with van der Waals surface area (Å²) in [5.74, 6) is 0.477. The van der Waals surface area contributed by atoms with Crippen molar-refractivity contribution in [1.29, 1.82) is 0 Å². The Morgan fingerprint density at radius 3 is 2.87 bits per heavy atom. The van der Waals surface area contributed by atoms with E-state index in [-0.39, 0.29) is 12.5 Å². The zero-order chi connectivity index (χ0) is 16.1. The molecule has 118 valence electrons. The molecule has 0 radical (unpaired) electrons. The maximum absolute atomic E-state index is 11.9. The van der Waals surface area contributed by atoms with Crippen LogP contribution in [0.15, 0.2) is 54.9 Å². The van der Waals surface area contributed by atoms with E-state index in [4.69, 9.17) is 4.74 Å². The van der Waals surface area contributed by atoms with Gasteiger partial charge in [-0.15, -0.1) is 0 Å². The Morgan fingerprint density at radius 2 is 2.04 bits per heavy atom. The van der Waals surface area contributed by atoms with E-state index in [1.165, 1.54) is 5.56 Å². The summed E-state index contributed by atoms with van der Waals surface area (Å²) in [4.78, 5) is 16.3. The van der Waals surface area contributed by atoms with Crippen molar-refractivity contribution in [2.24, 2.45) is 0 Å². The van der Waals surface area contributed by atoms with Crippen LogP contribution in [0.3, 0.4) is 0 Å². The van der Waals surface area contributed by atoms with Crippen LogP contribution in [0.1, 0.15) is 11.3 Å². The van der Waals surface area contributed by atoms with Crippen LogP contribution < -0.4 is 10.1 Å². The minimum absolute atomic E-state index is 0.0135. The average molecular weight is 309 g/mol. The Labute approximate surface area is 134 Å². The third-order valence-corrected chi connectivity index (χ3v) is 3.50. The molecule has 2 heterocycles. The van der Waals surface area contributed by atoms with Gasteiger partial charge in [0, 0.05) is 18.9 Å². The molecule has 5 heteroatoms. The number of carbonyl (C=O) groups excluding carboxylic acids is 1. The van der Waals surface area contributed by atoms with Crippen LogP contribution in [0.25, 0.3) is 5.65 Å². The Balaban J connectivity index is 1.50. The van der Waals surface area contributed by atoms with Gasteiger partial charge >= 0.3 is 0 Å². The smallest absolute Gasteiger partial charge is 0.257 e. The van der Waals surface area contributed by atoms with Gasteiger partial charge in [0.15, 0.2) is 18.0 Å². The van der Waals surface area contributed by atoms with Crippen LogP contribution >= 0.6 is 0 Å². The van der Waals surface area contributed by atoms with Crippen molar-refractivity contribution in [2.75, 3.05) is 13.2 Å².